The van der Waals surface area contributed by atoms with Gasteiger partial charge in [0.05, 0.1) is 12.7 Å². The fourth-order valence-corrected chi connectivity index (χ4v) is 2.71. The van der Waals surface area contributed by atoms with Gasteiger partial charge in [-0.1, -0.05) is 19.3 Å². The summed E-state index contributed by atoms with van der Waals surface area (Å²) in [6.07, 6.45) is 8.05. The van der Waals surface area contributed by atoms with Crippen molar-refractivity contribution in [3.8, 4) is 0 Å². The molecule has 2 N–H and O–H groups in total. The SMILES string of the molecule is CN=C(NCCCOC1CCCCC1)NCCN(C)CCOC.I. The van der Waals surface area contributed by atoms with Gasteiger partial charge < -0.3 is 25.0 Å². The molecule has 0 heterocycles. The average molecular weight is 456 g/mol. The first-order chi connectivity index (χ1) is 11.3. The molecule has 24 heavy (non-hydrogen) atoms. The van der Waals surface area contributed by atoms with Crippen LogP contribution in [0.25, 0.3) is 0 Å². The zero-order valence-electron chi connectivity index (χ0n) is 15.7. The molecule has 0 aromatic carbocycles. The maximum Gasteiger partial charge on any atom is 0.191 e. The number of hydrogen-bond acceptors (Lipinski definition) is 4. The average Bonchev–Trinajstić information content (AvgIpc) is 2.59. The molecule has 0 amide bonds. The normalized spacial score (nSPS) is 16.1. The van der Waals surface area contributed by atoms with E-state index in [-0.39, 0.29) is 24.0 Å². The van der Waals surface area contributed by atoms with Crippen LogP contribution in [0.5, 0.6) is 0 Å². The highest BCUT2D eigenvalue weighted by Gasteiger charge is 2.12. The summed E-state index contributed by atoms with van der Waals surface area (Å²) in [6.45, 7) is 5.29. The van der Waals surface area contributed by atoms with Crippen molar-refractivity contribution in [3.05, 3.63) is 0 Å². The topological polar surface area (TPSA) is 58.1 Å². The van der Waals surface area contributed by atoms with Gasteiger partial charge in [-0.05, 0) is 26.3 Å². The molecule has 6 nitrogen and oxygen atoms in total. The summed E-state index contributed by atoms with van der Waals surface area (Å²) in [5, 5.41) is 6.67. The molecule has 0 atom stereocenters. The van der Waals surface area contributed by atoms with E-state index in [9.17, 15) is 0 Å². The van der Waals surface area contributed by atoms with E-state index in [0.717, 1.165) is 51.8 Å². The Bertz CT molecular complexity index is 313. The van der Waals surface area contributed by atoms with Crippen LogP contribution in [0.1, 0.15) is 38.5 Å². The first-order valence-electron chi connectivity index (χ1n) is 9.00. The van der Waals surface area contributed by atoms with Crippen molar-refractivity contribution in [1.29, 1.82) is 0 Å². The van der Waals surface area contributed by atoms with Gasteiger partial charge in [0.2, 0.25) is 0 Å². The molecule has 0 unspecified atom stereocenters. The van der Waals surface area contributed by atoms with Gasteiger partial charge in [0, 0.05) is 46.9 Å². The van der Waals surface area contributed by atoms with Gasteiger partial charge in [-0.15, -0.1) is 24.0 Å². The minimum atomic E-state index is 0. The standard InChI is InChI=1S/C17H36N4O2.HI/c1-18-17(20-11-12-21(2)13-15-22-3)19-10-7-14-23-16-8-5-4-6-9-16;/h16H,4-15H2,1-3H3,(H2,18,19,20);1H. The van der Waals surface area contributed by atoms with Crippen LogP contribution >= 0.6 is 24.0 Å². The molecule has 1 aliphatic rings. The van der Waals surface area contributed by atoms with Crippen molar-refractivity contribution >= 4 is 29.9 Å². The second-order valence-corrected chi connectivity index (χ2v) is 6.21. The summed E-state index contributed by atoms with van der Waals surface area (Å²) < 4.78 is 11.0. The molecular weight excluding hydrogens is 419 g/mol. The van der Waals surface area contributed by atoms with Crippen LogP contribution in [0, 0.1) is 0 Å². The van der Waals surface area contributed by atoms with Gasteiger partial charge in [0.1, 0.15) is 0 Å². The summed E-state index contributed by atoms with van der Waals surface area (Å²) in [6, 6.07) is 0. The van der Waals surface area contributed by atoms with Gasteiger partial charge in [0.25, 0.3) is 0 Å². The van der Waals surface area contributed by atoms with Crippen molar-refractivity contribution in [3.63, 3.8) is 0 Å². The van der Waals surface area contributed by atoms with Gasteiger partial charge in [-0.3, -0.25) is 4.99 Å². The van der Waals surface area contributed by atoms with Crippen molar-refractivity contribution in [2.75, 3.05) is 60.6 Å². The fourth-order valence-electron chi connectivity index (χ4n) is 2.71. The first kappa shape index (κ1) is 23.9. The molecule has 1 fully saturated rings. The monoisotopic (exact) mass is 456 g/mol. The van der Waals surface area contributed by atoms with E-state index in [1.807, 2.05) is 7.05 Å². The highest BCUT2D eigenvalue weighted by atomic mass is 127. The molecule has 1 rings (SSSR count). The Kier molecular flexibility index (Phi) is 16.3. The number of hydrogen-bond donors (Lipinski definition) is 2. The maximum atomic E-state index is 5.93. The van der Waals surface area contributed by atoms with Crippen LogP contribution in [0.4, 0.5) is 0 Å². The van der Waals surface area contributed by atoms with Crippen molar-refractivity contribution in [2.24, 2.45) is 4.99 Å². The molecule has 7 heteroatoms. The molecule has 1 saturated carbocycles. The molecule has 0 spiro atoms. The van der Waals surface area contributed by atoms with Gasteiger partial charge in [-0.2, -0.15) is 0 Å². The second-order valence-electron chi connectivity index (χ2n) is 6.21. The quantitative estimate of drug-likeness (QED) is 0.216. The molecule has 0 aliphatic heterocycles. The van der Waals surface area contributed by atoms with Gasteiger partial charge >= 0.3 is 0 Å². The molecule has 0 saturated heterocycles. The Hall–Kier alpha value is -0.120. The molecular formula is C17H37IN4O2. The fraction of sp³-hybridized carbons (Fsp3) is 0.941. The summed E-state index contributed by atoms with van der Waals surface area (Å²) in [4.78, 5) is 6.48. The molecule has 1 aliphatic carbocycles. The summed E-state index contributed by atoms with van der Waals surface area (Å²) >= 11 is 0. The molecule has 0 aromatic rings. The third-order valence-corrected chi connectivity index (χ3v) is 4.21. The van der Waals surface area contributed by atoms with Crippen molar-refractivity contribution in [1.82, 2.24) is 15.5 Å². The van der Waals surface area contributed by atoms with E-state index < -0.39 is 0 Å². The number of aliphatic imine (C=N–C) groups is 1. The van der Waals surface area contributed by atoms with Crippen LogP contribution in [0.3, 0.4) is 0 Å². The number of nitrogens with zero attached hydrogens (tertiary/aromatic N) is 2. The van der Waals surface area contributed by atoms with Crippen LogP contribution in [0.15, 0.2) is 4.99 Å². The smallest absolute Gasteiger partial charge is 0.191 e. The Morgan fingerprint density at radius 3 is 2.46 bits per heavy atom. The minimum absolute atomic E-state index is 0. The van der Waals surface area contributed by atoms with E-state index in [1.54, 1.807) is 7.11 Å². The Labute approximate surface area is 165 Å². The van der Waals surface area contributed by atoms with Crippen LogP contribution in [-0.2, 0) is 9.47 Å². The van der Waals surface area contributed by atoms with Crippen LogP contribution < -0.4 is 10.6 Å². The molecule has 144 valence electrons. The second kappa shape index (κ2) is 16.4. The summed E-state index contributed by atoms with van der Waals surface area (Å²) in [7, 11) is 5.64. The van der Waals surface area contributed by atoms with Crippen LogP contribution in [0.2, 0.25) is 0 Å². The maximum absolute atomic E-state index is 5.93. The third kappa shape index (κ3) is 12.3. The zero-order valence-corrected chi connectivity index (χ0v) is 18.0. The first-order valence-corrected chi connectivity index (χ1v) is 9.00. The van der Waals surface area contributed by atoms with E-state index in [1.165, 1.54) is 32.1 Å². The Balaban J connectivity index is 0.00000529. The number of guanidine groups is 1. The van der Waals surface area contributed by atoms with E-state index in [4.69, 9.17) is 9.47 Å². The summed E-state index contributed by atoms with van der Waals surface area (Å²) in [5.74, 6) is 0.864. The lowest BCUT2D eigenvalue weighted by molar-refractivity contribution is 0.0277. The molecule has 0 bridgehead atoms. The van der Waals surface area contributed by atoms with E-state index in [2.05, 4.69) is 27.6 Å². The Morgan fingerprint density at radius 2 is 1.79 bits per heavy atom. The minimum Gasteiger partial charge on any atom is -0.383 e. The Morgan fingerprint density at radius 1 is 1.08 bits per heavy atom. The van der Waals surface area contributed by atoms with E-state index >= 15 is 0 Å². The lowest BCUT2D eigenvalue weighted by Gasteiger charge is -2.22. The number of likely N-dealkylation sites (N-methyl/N-ethyl adjacent to an activating group) is 1. The lowest BCUT2D eigenvalue weighted by atomic mass is 9.98. The summed E-state index contributed by atoms with van der Waals surface area (Å²) in [5.41, 5.74) is 0. The van der Waals surface area contributed by atoms with Crippen molar-refractivity contribution < 1.29 is 9.47 Å². The number of methoxy groups -OCH3 is 1. The van der Waals surface area contributed by atoms with Gasteiger partial charge in [0.15, 0.2) is 5.96 Å². The number of ether oxygens (including phenoxy) is 2. The lowest BCUT2D eigenvalue weighted by Crippen LogP contribution is -2.41. The predicted octanol–water partition coefficient (Wildman–Crippen LogP) is 2.09. The van der Waals surface area contributed by atoms with Gasteiger partial charge in [-0.25, -0.2) is 0 Å². The largest absolute Gasteiger partial charge is 0.383 e. The highest BCUT2D eigenvalue weighted by molar-refractivity contribution is 14.0. The highest BCUT2D eigenvalue weighted by Crippen LogP contribution is 2.20. The predicted molar refractivity (Wildman–Crippen MR) is 112 cm³/mol. The number of nitrogens with one attached hydrogen (secondary N) is 2. The molecule has 0 aromatic heterocycles. The number of rotatable bonds is 11. The van der Waals surface area contributed by atoms with E-state index in [0.29, 0.717) is 6.10 Å². The number of halogens is 1. The zero-order chi connectivity index (χ0) is 16.8. The molecule has 0 radical (unpaired) electrons. The third-order valence-electron chi connectivity index (χ3n) is 4.21. The van der Waals surface area contributed by atoms with Crippen molar-refractivity contribution in [2.45, 2.75) is 44.6 Å². The van der Waals surface area contributed by atoms with Crippen LogP contribution in [-0.4, -0.2) is 77.6 Å².